The molecule has 0 aliphatic carbocycles. The summed E-state index contributed by atoms with van der Waals surface area (Å²) in [6.07, 6.45) is 4.43. The average Bonchev–Trinajstić information content (AvgIpc) is 2.19. The molecule has 15 heavy (non-hydrogen) atoms. The first kappa shape index (κ1) is 11.9. The molecule has 84 valence electrons. The van der Waals surface area contributed by atoms with Crippen molar-refractivity contribution in [1.29, 1.82) is 0 Å². The summed E-state index contributed by atoms with van der Waals surface area (Å²) in [5.41, 5.74) is 0. The van der Waals surface area contributed by atoms with Crippen molar-refractivity contribution in [2.45, 2.75) is 31.7 Å². The third kappa shape index (κ3) is 3.85. The van der Waals surface area contributed by atoms with E-state index >= 15 is 0 Å². The molecule has 0 spiro atoms. The molecule has 3 atom stereocenters. The third-order valence-electron chi connectivity index (χ3n) is 2.10. The number of carbonyl (C=O) groups excluding carboxylic acids is 1. The quantitative estimate of drug-likeness (QED) is 0.553. The monoisotopic (exact) mass is 212 g/mol. The fourth-order valence-electron chi connectivity index (χ4n) is 1.37. The van der Waals surface area contributed by atoms with Gasteiger partial charge in [0, 0.05) is 6.92 Å². The summed E-state index contributed by atoms with van der Waals surface area (Å²) in [6.45, 7) is 5.12. The van der Waals surface area contributed by atoms with Gasteiger partial charge in [0.2, 0.25) is 0 Å². The molecule has 0 aromatic carbocycles. The average molecular weight is 212 g/mol. The van der Waals surface area contributed by atoms with Crippen molar-refractivity contribution in [3.63, 3.8) is 0 Å². The molecule has 1 N–H and O–H groups in total. The Kier molecular flexibility index (Phi) is 4.52. The van der Waals surface area contributed by atoms with Crippen LogP contribution in [0.25, 0.3) is 0 Å². The molecule has 0 saturated heterocycles. The predicted molar refractivity (Wildman–Crippen MR) is 55.3 cm³/mol. The molecular weight excluding hydrogens is 196 g/mol. The Bertz CT molecular complexity index is 259. The van der Waals surface area contributed by atoms with Crippen LogP contribution in [0.15, 0.2) is 24.8 Å². The molecule has 4 nitrogen and oxygen atoms in total. The molecule has 0 radical (unpaired) electrons. The molecule has 0 aromatic rings. The summed E-state index contributed by atoms with van der Waals surface area (Å²) < 4.78 is 10.3. The number of aliphatic hydroxyl groups is 1. The maximum Gasteiger partial charge on any atom is 0.302 e. The van der Waals surface area contributed by atoms with Crippen LogP contribution in [-0.4, -0.2) is 36.0 Å². The first-order valence-electron chi connectivity index (χ1n) is 4.89. The first-order chi connectivity index (χ1) is 7.13. The lowest BCUT2D eigenvalue weighted by Gasteiger charge is -2.28. The lowest BCUT2D eigenvalue weighted by Crippen LogP contribution is -2.37. The van der Waals surface area contributed by atoms with Gasteiger partial charge in [-0.1, -0.05) is 18.2 Å². The summed E-state index contributed by atoms with van der Waals surface area (Å²) in [5.74, 6) is -0.335. The van der Waals surface area contributed by atoms with E-state index in [1.165, 1.54) is 6.92 Å². The second-order valence-corrected chi connectivity index (χ2v) is 3.42. The van der Waals surface area contributed by atoms with Gasteiger partial charge in [0.15, 0.2) is 0 Å². The van der Waals surface area contributed by atoms with Gasteiger partial charge in [0.05, 0.1) is 12.2 Å². The summed E-state index contributed by atoms with van der Waals surface area (Å²) in [7, 11) is 0. The number of hydrogen-bond acceptors (Lipinski definition) is 4. The Morgan fingerprint density at radius 3 is 3.00 bits per heavy atom. The van der Waals surface area contributed by atoms with Crippen LogP contribution in [0, 0.1) is 0 Å². The van der Waals surface area contributed by atoms with Gasteiger partial charge in [-0.15, -0.1) is 6.58 Å². The van der Waals surface area contributed by atoms with Crippen molar-refractivity contribution in [3.05, 3.63) is 24.8 Å². The van der Waals surface area contributed by atoms with Crippen molar-refractivity contribution in [3.8, 4) is 0 Å². The van der Waals surface area contributed by atoms with E-state index in [1.54, 1.807) is 18.2 Å². The number of aliphatic hydroxyl groups excluding tert-OH is 1. The van der Waals surface area contributed by atoms with Crippen molar-refractivity contribution >= 4 is 5.97 Å². The first-order valence-corrected chi connectivity index (χ1v) is 4.89. The predicted octanol–water partition coefficient (Wildman–Crippen LogP) is 0.810. The van der Waals surface area contributed by atoms with Gasteiger partial charge in [-0.3, -0.25) is 4.79 Å². The number of ether oxygens (including phenoxy) is 2. The molecule has 4 heteroatoms. The van der Waals surface area contributed by atoms with Crippen LogP contribution in [0.2, 0.25) is 0 Å². The normalized spacial score (nSPS) is 29.9. The Hall–Kier alpha value is -1.13. The van der Waals surface area contributed by atoms with Gasteiger partial charge >= 0.3 is 5.97 Å². The molecule has 1 heterocycles. The molecule has 0 amide bonds. The fourth-order valence-corrected chi connectivity index (χ4v) is 1.37. The van der Waals surface area contributed by atoms with Crippen LogP contribution in [0.3, 0.4) is 0 Å². The lowest BCUT2D eigenvalue weighted by molar-refractivity contribution is -0.147. The zero-order valence-electron chi connectivity index (χ0n) is 8.76. The van der Waals surface area contributed by atoms with Crippen LogP contribution in [-0.2, 0) is 14.3 Å². The lowest BCUT2D eigenvalue weighted by atomic mass is 10.1. The molecule has 0 fully saturated rings. The summed E-state index contributed by atoms with van der Waals surface area (Å²) in [5, 5.41) is 9.53. The Labute approximate surface area is 89.2 Å². The van der Waals surface area contributed by atoms with Crippen molar-refractivity contribution in [1.82, 2.24) is 0 Å². The summed E-state index contributed by atoms with van der Waals surface area (Å²) >= 11 is 0. The van der Waals surface area contributed by atoms with Crippen LogP contribution in [0.4, 0.5) is 0 Å². The largest absolute Gasteiger partial charge is 0.463 e. The highest BCUT2D eigenvalue weighted by molar-refractivity contribution is 5.65. The smallest absolute Gasteiger partial charge is 0.302 e. The molecule has 1 rings (SSSR count). The zero-order chi connectivity index (χ0) is 11.3. The second-order valence-electron chi connectivity index (χ2n) is 3.42. The van der Waals surface area contributed by atoms with E-state index in [9.17, 15) is 9.90 Å². The van der Waals surface area contributed by atoms with Crippen LogP contribution >= 0.6 is 0 Å². The van der Waals surface area contributed by atoms with Crippen LogP contribution < -0.4 is 0 Å². The van der Waals surface area contributed by atoms with Crippen LogP contribution in [0.1, 0.15) is 13.3 Å². The minimum Gasteiger partial charge on any atom is -0.463 e. The van der Waals surface area contributed by atoms with Crippen molar-refractivity contribution < 1.29 is 19.4 Å². The van der Waals surface area contributed by atoms with E-state index < -0.39 is 6.10 Å². The van der Waals surface area contributed by atoms with E-state index in [1.807, 2.05) is 0 Å². The van der Waals surface area contributed by atoms with E-state index in [2.05, 4.69) is 6.58 Å². The Morgan fingerprint density at radius 1 is 1.67 bits per heavy atom. The van der Waals surface area contributed by atoms with Gasteiger partial charge in [0.25, 0.3) is 0 Å². The van der Waals surface area contributed by atoms with Crippen LogP contribution in [0.5, 0.6) is 0 Å². The van der Waals surface area contributed by atoms with Gasteiger partial charge in [-0.2, -0.15) is 0 Å². The molecule has 0 aromatic heterocycles. The fraction of sp³-hybridized carbons (Fsp3) is 0.545. The third-order valence-corrected chi connectivity index (χ3v) is 2.10. The minimum atomic E-state index is -0.614. The number of esters is 1. The van der Waals surface area contributed by atoms with Crippen molar-refractivity contribution in [2.75, 3.05) is 6.61 Å². The Morgan fingerprint density at radius 2 is 2.40 bits per heavy atom. The highest BCUT2D eigenvalue weighted by atomic mass is 16.6. The van der Waals surface area contributed by atoms with E-state index in [4.69, 9.17) is 9.47 Å². The minimum absolute atomic E-state index is 0.187. The topological polar surface area (TPSA) is 55.8 Å². The number of hydrogen-bond donors (Lipinski definition) is 1. The van der Waals surface area contributed by atoms with Gasteiger partial charge < -0.3 is 14.6 Å². The maximum absolute atomic E-state index is 10.6. The number of carbonyl (C=O) groups is 1. The highest BCUT2D eigenvalue weighted by Crippen LogP contribution is 2.16. The molecule has 1 aliphatic rings. The molecular formula is C11H16O4. The maximum atomic E-state index is 10.6. The molecule has 0 saturated carbocycles. The van der Waals surface area contributed by atoms with Crippen molar-refractivity contribution in [2.24, 2.45) is 0 Å². The number of rotatable bonds is 4. The zero-order valence-corrected chi connectivity index (χ0v) is 8.76. The van der Waals surface area contributed by atoms with Gasteiger partial charge in [-0.05, 0) is 6.42 Å². The second kappa shape index (κ2) is 5.68. The standard InChI is InChI=1S/C11H16O4/c1-3-4-11-10(13)6-5-9(15-11)7-14-8(2)12/h3,5-6,9-11,13H,1,4,7H2,2H3/t9-,10+,11+/m0/s1. The van der Waals surface area contributed by atoms with Gasteiger partial charge in [0.1, 0.15) is 12.7 Å². The van der Waals surface area contributed by atoms with Gasteiger partial charge in [-0.25, -0.2) is 0 Å². The molecule has 0 bridgehead atoms. The molecule has 0 unspecified atom stereocenters. The SMILES string of the molecule is C=CC[C@H]1O[C@H](COC(C)=O)C=C[C@H]1O. The van der Waals surface area contributed by atoms with E-state index in [0.717, 1.165) is 0 Å². The van der Waals surface area contributed by atoms with E-state index in [0.29, 0.717) is 6.42 Å². The Balaban J connectivity index is 2.45. The molecule has 1 aliphatic heterocycles. The summed E-state index contributed by atoms with van der Waals surface area (Å²) in [6, 6.07) is 0. The van der Waals surface area contributed by atoms with E-state index in [-0.39, 0.29) is 24.8 Å². The highest BCUT2D eigenvalue weighted by Gasteiger charge is 2.24. The summed E-state index contributed by atoms with van der Waals surface area (Å²) in [4.78, 5) is 10.6.